The molecule has 6 nitrogen and oxygen atoms in total. The number of para-hydroxylation sites is 2. The van der Waals surface area contributed by atoms with Gasteiger partial charge in [-0.25, -0.2) is 0 Å². The third-order valence-electron chi connectivity index (χ3n) is 3.26. The molecule has 128 valence electrons. The van der Waals surface area contributed by atoms with Crippen molar-refractivity contribution < 1.29 is 19.1 Å². The highest BCUT2D eigenvalue weighted by atomic mass is 16.6. The average Bonchev–Trinajstić information content (AvgIpc) is 2.60. The van der Waals surface area contributed by atoms with Gasteiger partial charge in [-0.15, -0.1) is 0 Å². The second-order valence-electron chi connectivity index (χ2n) is 5.03. The van der Waals surface area contributed by atoms with Crippen molar-refractivity contribution in [3.8, 4) is 17.2 Å². The fourth-order valence-corrected chi connectivity index (χ4v) is 2.08. The first-order valence-corrected chi connectivity index (χ1v) is 7.92. The fourth-order valence-electron chi connectivity index (χ4n) is 2.08. The van der Waals surface area contributed by atoms with E-state index in [0.29, 0.717) is 25.6 Å². The summed E-state index contributed by atoms with van der Waals surface area (Å²) in [5.74, 6) is 2.13. The molecule has 0 aliphatic carbocycles. The largest absolute Gasteiger partial charge is 0.494 e. The Morgan fingerprint density at radius 1 is 0.875 bits per heavy atom. The Bertz CT molecular complexity index is 642. The molecule has 2 rings (SSSR count). The lowest BCUT2D eigenvalue weighted by molar-refractivity contribution is -0.384. The SMILES string of the molecule is CCOc1ccccc1OCCCCOc1ccc([N+](=O)[O-])cc1. The van der Waals surface area contributed by atoms with E-state index in [1.807, 2.05) is 31.2 Å². The van der Waals surface area contributed by atoms with Crippen LogP contribution in [0.25, 0.3) is 0 Å². The van der Waals surface area contributed by atoms with Crippen LogP contribution in [0.1, 0.15) is 19.8 Å². The molecule has 0 unspecified atom stereocenters. The summed E-state index contributed by atoms with van der Waals surface area (Å²) in [5.41, 5.74) is 0.0590. The molecular formula is C18H21NO5. The number of hydrogen-bond acceptors (Lipinski definition) is 5. The molecule has 24 heavy (non-hydrogen) atoms. The molecule has 0 aliphatic rings. The number of nitro groups is 1. The molecule has 2 aromatic rings. The minimum Gasteiger partial charge on any atom is -0.494 e. The summed E-state index contributed by atoms with van der Waals surface area (Å²) in [6, 6.07) is 13.7. The van der Waals surface area contributed by atoms with Crippen LogP contribution >= 0.6 is 0 Å². The lowest BCUT2D eigenvalue weighted by Gasteiger charge is -2.11. The summed E-state index contributed by atoms with van der Waals surface area (Å²) in [7, 11) is 0. The van der Waals surface area contributed by atoms with Crippen LogP contribution in [0.15, 0.2) is 48.5 Å². The highest BCUT2D eigenvalue weighted by molar-refractivity contribution is 5.39. The molecule has 0 amide bonds. The van der Waals surface area contributed by atoms with Crippen molar-refractivity contribution in [2.24, 2.45) is 0 Å². The minimum absolute atomic E-state index is 0.0590. The van der Waals surface area contributed by atoms with Crippen molar-refractivity contribution in [3.63, 3.8) is 0 Å². The van der Waals surface area contributed by atoms with Crippen LogP contribution in [0.5, 0.6) is 17.2 Å². The highest BCUT2D eigenvalue weighted by Gasteiger charge is 2.05. The Morgan fingerprint density at radius 3 is 2.04 bits per heavy atom. The Morgan fingerprint density at radius 2 is 1.46 bits per heavy atom. The predicted molar refractivity (Wildman–Crippen MR) is 90.9 cm³/mol. The molecule has 0 spiro atoms. The van der Waals surface area contributed by atoms with E-state index in [0.717, 1.165) is 24.3 Å². The Hall–Kier alpha value is -2.76. The third kappa shape index (κ3) is 5.46. The third-order valence-corrected chi connectivity index (χ3v) is 3.26. The van der Waals surface area contributed by atoms with Crippen molar-refractivity contribution in [1.29, 1.82) is 0 Å². The van der Waals surface area contributed by atoms with Gasteiger partial charge in [0.15, 0.2) is 11.5 Å². The molecule has 0 saturated carbocycles. The summed E-state index contributed by atoms with van der Waals surface area (Å²) in [6.45, 7) is 3.65. The molecular weight excluding hydrogens is 310 g/mol. The first-order valence-electron chi connectivity index (χ1n) is 7.92. The van der Waals surface area contributed by atoms with Gasteiger partial charge < -0.3 is 14.2 Å². The second-order valence-corrected chi connectivity index (χ2v) is 5.03. The predicted octanol–water partition coefficient (Wildman–Crippen LogP) is 4.23. The summed E-state index contributed by atoms with van der Waals surface area (Å²) in [4.78, 5) is 10.1. The molecule has 0 N–H and O–H groups in total. The van der Waals surface area contributed by atoms with Crippen LogP contribution in [0.4, 0.5) is 5.69 Å². The van der Waals surface area contributed by atoms with Crippen molar-refractivity contribution in [2.75, 3.05) is 19.8 Å². The molecule has 0 bridgehead atoms. The molecule has 2 aromatic carbocycles. The van der Waals surface area contributed by atoms with Gasteiger partial charge >= 0.3 is 0 Å². The quantitative estimate of drug-likeness (QED) is 0.370. The van der Waals surface area contributed by atoms with Gasteiger partial charge in [0.25, 0.3) is 5.69 Å². The van der Waals surface area contributed by atoms with Gasteiger partial charge in [0, 0.05) is 12.1 Å². The summed E-state index contributed by atoms with van der Waals surface area (Å²) >= 11 is 0. The molecule has 0 heterocycles. The summed E-state index contributed by atoms with van der Waals surface area (Å²) in [6.07, 6.45) is 1.67. The van der Waals surface area contributed by atoms with Crippen molar-refractivity contribution in [3.05, 3.63) is 58.6 Å². The molecule has 0 fully saturated rings. The van der Waals surface area contributed by atoms with Crippen LogP contribution in [0.2, 0.25) is 0 Å². The van der Waals surface area contributed by atoms with E-state index in [4.69, 9.17) is 14.2 Å². The van der Waals surface area contributed by atoms with E-state index in [2.05, 4.69) is 0 Å². The lowest BCUT2D eigenvalue weighted by atomic mass is 10.3. The topological polar surface area (TPSA) is 70.8 Å². The normalized spacial score (nSPS) is 10.2. The molecule has 0 saturated heterocycles. The van der Waals surface area contributed by atoms with E-state index in [-0.39, 0.29) is 5.69 Å². The van der Waals surface area contributed by atoms with E-state index < -0.39 is 4.92 Å². The number of unbranched alkanes of at least 4 members (excludes halogenated alkanes) is 1. The van der Waals surface area contributed by atoms with E-state index in [1.165, 1.54) is 12.1 Å². The zero-order valence-corrected chi connectivity index (χ0v) is 13.6. The number of benzene rings is 2. The van der Waals surface area contributed by atoms with Gasteiger partial charge in [0.1, 0.15) is 5.75 Å². The van der Waals surface area contributed by atoms with Crippen molar-refractivity contribution in [2.45, 2.75) is 19.8 Å². The molecule has 0 radical (unpaired) electrons. The van der Waals surface area contributed by atoms with Crippen LogP contribution in [0.3, 0.4) is 0 Å². The first-order chi connectivity index (χ1) is 11.7. The standard InChI is InChI=1S/C18H21NO5/c1-2-22-17-7-3-4-8-18(17)24-14-6-5-13-23-16-11-9-15(10-12-16)19(20)21/h3-4,7-12H,2,5-6,13-14H2,1H3. The van der Waals surface area contributed by atoms with E-state index >= 15 is 0 Å². The summed E-state index contributed by atoms with van der Waals surface area (Å²) in [5, 5.41) is 10.6. The first kappa shape index (κ1) is 17.6. The maximum absolute atomic E-state index is 10.6. The smallest absolute Gasteiger partial charge is 0.269 e. The Balaban J connectivity index is 1.66. The number of nitro benzene ring substituents is 1. The van der Waals surface area contributed by atoms with Crippen LogP contribution in [-0.2, 0) is 0 Å². The van der Waals surface area contributed by atoms with Gasteiger partial charge in [0.2, 0.25) is 0 Å². The van der Waals surface area contributed by atoms with Gasteiger partial charge in [-0.3, -0.25) is 10.1 Å². The van der Waals surface area contributed by atoms with Gasteiger partial charge in [-0.2, -0.15) is 0 Å². The Labute approximate surface area is 141 Å². The van der Waals surface area contributed by atoms with Gasteiger partial charge in [0.05, 0.1) is 24.7 Å². The maximum Gasteiger partial charge on any atom is 0.269 e. The number of ether oxygens (including phenoxy) is 3. The summed E-state index contributed by atoms with van der Waals surface area (Å²) < 4.78 is 16.8. The number of nitrogens with zero attached hydrogens (tertiary/aromatic N) is 1. The zero-order chi connectivity index (χ0) is 17.2. The van der Waals surface area contributed by atoms with Crippen LogP contribution in [-0.4, -0.2) is 24.7 Å². The maximum atomic E-state index is 10.6. The zero-order valence-electron chi connectivity index (χ0n) is 13.6. The monoisotopic (exact) mass is 331 g/mol. The number of non-ortho nitro benzene ring substituents is 1. The van der Waals surface area contributed by atoms with E-state index in [9.17, 15) is 10.1 Å². The van der Waals surface area contributed by atoms with Gasteiger partial charge in [-0.1, -0.05) is 12.1 Å². The average molecular weight is 331 g/mol. The van der Waals surface area contributed by atoms with Crippen molar-refractivity contribution in [1.82, 2.24) is 0 Å². The van der Waals surface area contributed by atoms with Crippen LogP contribution < -0.4 is 14.2 Å². The number of rotatable bonds is 10. The lowest BCUT2D eigenvalue weighted by Crippen LogP contribution is -2.04. The van der Waals surface area contributed by atoms with Crippen LogP contribution in [0, 0.1) is 10.1 Å². The molecule has 0 aliphatic heterocycles. The fraction of sp³-hybridized carbons (Fsp3) is 0.333. The Kier molecular flexibility index (Phi) is 6.89. The highest BCUT2D eigenvalue weighted by Crippen LogP contribution is 2.26. The molecule has 6 heteroatoms. The minimum atomic E-state index is -0.429. The molecule has 0 aromatic heterocycles. The second kappa shape index (κ2) is 9.39. The van der Waals surface area contributed by atoms with Gasteiger partial charge in [-0.05, 0) is 44.0 Å². The van der Waals surface area contributed by atoms with E-state index in [1.54, 1.807) is 12.1 Å². The van der Waals surface area contributed by atoms with Crippen molar-refractivity contribution >= 4 is 5.69 Å². The number of hydrogen-bond donors (Lipinski definition) is 0. The molecule has 0 atom stereocenters.